The number of para-hydroxylation sites is 2. The van der Waals surface area contributed by atoms with Gasteiger partial charge in [0.1, 0.15) is 42.3 Å². The average Bonchev–Trinajstić information content (AvgIpc) is 3.79. The highest BCUT2D eigenvalue weighted by Gasteiger charge is 2.43. The molecular weight excluding hydrogens is 769 g/mol. The van der Waals surface area contributed by atoms with Gasteiger partial charge >= 0.3 is 6.09 Å². The number of nitrogens with one attached hydrogen (secondary N) is 2. The molecule has 3 atom stereocenters. The van der Waals surface area contributed by atoms with E-state index < -0.39 is 56.1 Å². The molecule has 1 amide bonds. The molecule has 3 aliphatic heterocycles. The van der Waals surface area contributed by atoms with Gasteiger partial charge in [0.05, 0.1) is 5.92 Å². The molecule has 0 spiro atoms. The Morgan fingerprint density at radius 3 is 2.25 bits per heavy atom. The quantitative estimate of drug-likeness (QED) is 0.131. The van der Waals surface area contributed by atoms with Gasteiger partial charge in [-0.15, -0.1) is 0 Å². The summed E-state index contributed by atoms with van der Waals surface area (Å²) in [5.41, 5.74) is 7.51. The molecule has 2 N–H and O–H groups in total. The Hall–Kier alpha value is -6.00. The zero-order valence-corrected chi connectivity index (χ0v) is 32.7. The van der Waals surface area contributed by atoms with Crippen LogP contribution in [-0.4, -0.2) is 93.6 Å². The van der Waals surface area contributed by atoms with Gasteiger partial charge in [-0.1, -0.05) is 66.7 Å². The van der Waals surface area contributed by atoms with E-state index in [1.54, 1.807) is 58.1 Å². The molecule has 0 bridgehead atoms. The number of hydrazine groups is 1. The predicted octanol–water partition coefficient (Wildman–Crippen LogP) is 7.51. The number of nitrogens with zero attached hydrogens (tertiary/aromatic N) is 6. The van der Waals surface area contributed by atoms with E-state index in [9.17, 15) is 22.4 Å². The summed E-state index contributed by atoms with van der Waals surface area (Å²) in [5, 5.41) is 10.5. The van der Waals surface area contributed by atoms with E-state index >= 15 is 0 Å². The molecule has 308 valence electrons. The van der Waals surface area contributed by atoms with E-state index in [1.807, 2.05) is 74.3 Å². The van der Waals surface area contributed by atoms with E-state index in [-0.39, 0.29) is 5.75 Å². The first-order valence-electron chi connectivity index (χ1n) is 19.4. The molecule has 0 radical (unpaired) electrons. The normalized spacial score (nSPS) is 19.3. The second kappa shape index (κ2) is 16.7. The summed E-state index contributed by atoms with van der Waals surface area (Å²) in [6, 6.07) is 25.5. The molecule has 0 aliphatic carbocycles. The van der Waals surface area contributed by atoms with Crippen LogP contribution in [0.3, 0.4) is 0 Å². The van der Waals surface area contributed by atoms with Crippen LogP contribution in [0.1, 0.15) is 55.6 Å². The van der Waals surface area contributed by atoms with Crippen molar-refractivity contribution < 1.29 is 36.6 Å². The maximum atomic E-state index is 14.3. The van der Waals surface area contributed by atoms with Crippen molar-refractivity contribution in [1.29, 1.82) is 0 Å². The summed E-state index contributed by atoms with van der Waals surface area (Å²) in [6.07, 6.45) is -2.51. The minimum atomic E-state index is -2.66. The average molecular weight is 813 g/mol. The Labute approximate surface area is 338 Å². The molecule has 3 aliphatic rings. The van der Waals surface area contributed by atoms with E-state index in [4.69, 9.17) is 29.3 Å². The standard InChI is InChI=1S/C43H44F4N8O4/c1-43(2,3)59-42(56)53-23-20-26-12-4-5-13-27(26)36(37-48-38-30(16-10-21-54(38)51-37)28-14-6-8-18-32(28)57-24-34(44)45)40(53)50-41-49-39-31(17-11-22-55(39)52-41)29-15-7-9-19-33(29)58-25-35(46)47/h4-10,12-19,21,34-36,40-41,50,52H,11,20,22-25H2,1-3H3. The largest absolute Gasteiger partial charge is 0.487 e. The van der Waals surface area contributed by atoms with Crippen LogP contribution in [0.4, 0.5) is 22.4 Å². The Morgan fingerprint density at radius 1 is 0.864 bits per heavy atom. The number of hydrogen-bond donors (Lipinski definition) is 2. The first-order valence-corrected chi connectivity index (χ1v) is 19.4. The molecule has 5 aromatic rings. The number of alkyl halides is 4. The summed E-state index contributed by atoms with van der Waals surface area (Å²) in [6.45, 7) is 4.79. The number of pyridine rings is 1. The SMILES string of the molecule is CC(C)(C)OC(=O)N1CCc2ccccc2C(c2nc3c(-c4ccccc4OCC(F)F)cccn3n2)C1NC1N=C2C(c3ccccc3OCC(F)F)=CCCN2N1. The van der Waals surface area contributed by atoms with Gasteiger partial charge in [-0.05, 0) is 69.0 Å². The first kappa shape index (κ1) is 39.8. The van der Waals surface area contributed by atoms with Gasteiger partial charge in [0, 0.05) is 41.5 Å². The van der Waals surface area contributed by atoms with Crippen molar-refractivity contribution in [3.05, 3.63) is 120 Å². The van der Waals surface area contributed by atoms with Crippen LogP contribution in [0, 0.1) is 0 Å². The number of rotatable bonds is 11. The molecule has 59 heavy (non-hydrogen) atoms. The summed E-state index contributed by atoms with van der Waals surface area (Å²) in [4.78, 5) is 26.1. The predicted molar refractivity (Wildman–Crippen MR) is 213 cm³/mol. The van der Waals surface area contributed by atoms with E-state index in [1.165, 1.54) is 0 Å². The van der Waals surface area contributed by atoms with Crippen LogP contribution in [-0.2, 0) is 11.2 Å². The number of benzene rings is 3. The number of hydrogen-bond acceptors (Lipinski definition) is 10. The molecule has 0 saturated heterocycles. The minimum Gasteiger partial charge on any atom is -0.487 e. The zero-order valence-electron chi connectivity index (χ0n) is 32.7. The molecular formula is C43H44F4N8O4. The summed E-state index contributed by atoms with van der Waals surface area (Å²) in [5.74, 6) is 0.896. The number of ether oxygens (including phenoxy) is 3. The highest BCUT2D eigenvalue weighted by molar-refractivity contribution is 6.24. The number of fused-ring (bicyclic) bond motifs is 3. The molecule has 2 aromatic heterocycles. The van der Waals surface area contributed by atoms with Crippen LogP contribution < -0.4 is 20.2 Å². The van der Waals surface area contributed by atoms with Gasteiger partial charge in [-0.2, -0.15) is 10.5 Å². The van der Waals surface area contributed by atoms with Crippen LogP contribution in [0.25, 0.3) is 22.3 Å². The van der Waals surface area contributed by atoms with E-state index in [2.05, 4.69) is 10.7 Å². The molecule has 3 unspecified atom stereocenters. The topological polar surface area (TPSA) is 118 Å². The second-order valence-electron chi connectivity index (χ2n) is 15.3. The Balaban J connectivity index is 1.22. The molecule has 0 saturated carbocycles. The monoisotopic (exact) mass is 812 g/mol. The number of amidine groups is 1. The van der Waals surface area contributed by atoms with Crippen LogP contribution in [0.5, 0.6) is 11.5 Å². The maximum Gasteiger partial charge on any atom is 0.411 e. The van der Waals surface area contributed by atoms with E-state index in [0.717, 1.165) is 16.7 Å². The third kappa shape index (κ3) is 8.59. The molecule has 3 aromatic carbocycles. The highest BCUT2D eigenvalue weighted by Crippen LogP contribution is 2.38. The second-order valence-corrected chi connectivity index (χ2v) is 15.3. The zero-order chi connectivity index (χ0) is 41.3. The number of halogens is 4. The fourth-order valence-corrected chi connectivity index (χ4v) is 7.70. The number of carbonyl (C=O) groups is 1. The number of carbonyl (C=O) groups excluding carboxylic acids is 1. The van der Waals surface area contributed by atoms with Crippen molar-refractivity contribution in [2.24, 2.45) is 4.99 Å². The lowest BCUT2D eigenvalue weighted by atomic mass is 9.91. The van der Waals surface area contributed by atoms with Crippen LogP contribution in [0.15, 0.2) is 102 Å². The third-order valence-corrected chi connectivity index (χ3v) is 10.1. The van der Waals surface area contributed by atoms with Gasteiger partial charge in [-0.25, -0.2) is 36.8 Å². The summed E-state index contributed by atoms with van der Waals surface area (Å²) < 4.78 is 71.6. The molecule has 16 heteroatoms. The Bertz CT molecular complexity index is 2380. The Kier molecular flexibility index (Phi) is 11.3. The third-order valence-electron chi connectivity index (χ3n) is 10.1. The van der Waals surface area contributed by atoms with Crippen molar-refractivity contribution in [3.8, 4) is 22.6 Å². The van der Waals surface area contributed by atoms with Gasteiger partial charge in [0.15, 0.2) is 17.8 Å². The van der Waals surface area contributed by atoms with Crippen molar-refractivity contribution in [2.75, 3.05) is 26.3 Å². The fraction of sp³-hybridized carbons (Fsp3) is 0.349. The Morgan fingerprint density at radius 2 is 1.53 bits per heavy atom. The summed E-state index contributed by atoms with van der Waals surface area (Å²) in [7, 11) is 0. The molecule has 8 rings (SSSR count). The maximum absolute atomic E-state index is 14.3. The molecule has 5 heterocycles. The highest BCUT2D eigenvalue weighted by atomic mass is 19.3. The van der Waals surface area contributed by atoms with Crippen LogP contribution >= 0.6 is 0 Å². The van der Waals surface area contributed by atoms with Gasteiger partial charge < -0.3 is 14.2 Å². The fourth-order valence-electron chi connectivity index (χ4n) is 7.70. The van der Waals surface area contributed by atoms with Gasteiger partial charge in [0.25, 0.3) is 12.9 Å². The van der Waals surface area contributed by atoms with Crippen molar-refractivity contribution in [3.63, 3.8) is 0 Å². The van der Waals surface area contributed by atoms with Crippen molar-refractivity contribution in [2.45, 2.75) is 70.4 Å². The number of aromatic nitrogens is 3. The van der Waals surface area contributed by atoms with Gasteiger partial charge in [-0.3, -0.25) is 15.2 Å². The van der Waals surface area contributed by atoms with Crippen LogP contribution in [0.2, 0.25) is 0 Å². The summed E-state index contributed by atoms with van der Waals surface area (Å²) >= 11 is 0. The van der Waals surface area contributed by atoms with Crippen molar-refractivity contribution >= 4 is 23.1 Å². The lowest BCUT2D eigenvalue weighted by molar-refractivity contribution is 0.00881. The number of amides is 1. The first-order chi connectivity index (χ1) is 28.4. The lowest BCUT2D eigenvalue weighted by Crippen LogP contribution is -2.59. The lowest BCUT2D eigenvalue weighted by Gasteiger charge is -2.37. The number of aliphatic imine (C=N–C) groups is 1. The minimum absolute atomic E-state index is 0.278. The molecule has 12 nitrogen and oxygen atoms in total. The molecule has 0 fully saturated rings. The van der Waals surface area contributed by atoms with Crippen molar-refractivity contribution in [1.82, 2.24) is 35.2 Å². The van der Waals surface area contributed by atoms with Gasteiger partial charge in [0.2, 0.25) is 0 Å². The smallest absolute Gasteiger partial charge is 0.411 e. The van der Waals surface area contributed by atoms with E-state index in [0.29, 0.717) is 65.7 Å².